The SMILES string of the molecule is O=C(Nc1nc(-c2ccc(Br)cc2)cs1)c1cccc(S(=O)(=O)N2CCCC2)c1. The summed E-state index contributed by atoms with van der Waals surface area (Å²) in [7, 11) is -3.57. The molecule has 4 rings (SSSR count). The molecule has 150 valence electrons. The van der Waals surface area contributed by atoms with Crippen molar-refractivity contribution in [1.82, 2.24) is 9.29 Å². The van der Waals surface area contributed by atoms with Gasteiger partial charge in [-0.1, -0.05) is 34.1 Å². The first kappa shape index (κ1) is 20.2. The van der Waals surface area contributed by atoms with E-state index in [4.69, 9.17) is 0 Å². The van der Waals surface area contributed by atoms with E-state index >= 15 is 0 Å². The van der Waals surface area contributed by atoms with Crippen LogP contribution in [-0.2, 0) is 10.0 Å². The van der Waals surface area contributed by atoms with Crippen LogP contribution in [0.5, 0.6) is 0 Å². The summed E-state index contributed by atoms with van der Waals surface area (Å²) in [4.78, 5) is 17.2. The molecule has 6 nitrogen and oxygen atoms in total. The molecule has 1 N–H and O–H groups in total. The second kappa shape index (κ2) is 8.35. The van der Waals surface area contributed by atoms with E-state index in [9.17, 15) is 13.2 Å². The van der Waals surface area contributed by atoms with E-state index in [1.54, 1.807) is 12.1 Å². The second-order valence-electron chi connectivity index (χ2n) is 6.64. The van der Waals surface area contributed by atoms with Crippen LogP contribution >= 0.6 is 27.3 Å². The van der Waals surface area contributed by atoms with Crippen LogP contribution in [0.25, 0.3) is 11.3 Å². The van der Waals surface area contributed by atoms with E-state index in [0.717, 1.165) is 28.6 Å². The molecule has 0 spiro atoms. The van der Waals surface area contributed by atoms with Gasteiger partial charge in [-0.05, 0) is 43.2 Å². The Bertz CT molecular complexity index is 1140. The number of nitrogens with one attached hydrogen (secondary N) is 1. The lowest BCUT2D eigenvalue weighted by Gasteiger charge is -2.15. The van der Waals surface area contributed by atoms with Crippen molar-refractivity contribution >= 4 is 48.3 Å². The minimum Gasteiger partial charge on any atom is -0.298 e. The summed E-state index contributed by atoms with van der Waals surface area (Å²) >= 11 is 4.72. The zero-order valence-corrected chi connectivity index (χ0v) is 18.6. The highest BCUT2D eigenvalue weighted by atomic mass is 79.9. The number of nitrogens with zero attached hydrogens (tertiary/aromatic N) is 2. The van der Waals surface area contributed by atoms with Crippen molar-refractivity contribution in [3.63, 3.8) is 0 Å². The number of carbonyl (C=O) groups is 1. The van der Waals surface area contributed by atoms with E-state index in [1.165, 1.54) is 27.8 Å². The van der Waals surface area contributed by atoms with Crippen LogP contribution in [0.1, 0.15) is 23.2 Å². The molecular formula is C20H18BrN3O3S2. The molecule has 0 atom stereocenters. The van der Waals surface area contributed by atoms with Gasteiger partial charge < -0.3 is 0 Å². The molecule has 0 aliphatic carbocycles. The number of rotatable bonds is 5. The van der Waals surface area contributed by atoms with E-state index in [0.29, 0.717) is 18.2 Å². The highest BCUT2D eigenvalue weighted by molar-refractivity contribution is 9.10. The van der Waals surface area contributed by atoms with Crippen molar-refractivity contribution in [1.29, 1.82) is 0 Å². The van der Waals surface area contributed by atoms with Gasteiger partial charge in [-0.3, -0.25) is 10.1 Å². The third-order valence-electron chi connectivity index (χ3n) is 4.66. The first-order chi connectivity index (χ1) is 13.9. The summed E-state index contributed by atoms with van der Waals surface area (Å²) in [5.41, 5.74) is 2.00. The number of halogens is 1. The smallest absolute Gasteiger partial charge is 0.257 e. The molecule has 2 heterocycles. The van der Waals surface area contributed by atoms with Gasteiger partial charge in [0, 0.05) is 34.1 Å². The average Bonchev–Trinajstić information content (AvgIpc) is 3.41. The molecule has 29 heavy (non-hydrogen) atoms. The standard InChI is InChI=1S/C20H18BrN3O3S2/c21-16-8-6-14(7-9-16)18-13-28-20(22-18)23-19(25)15-4-3-5-17(12-15)29(26,27)24-10-1-2-11-24/h3-9,12-13H,1-2,10-11H2,(H,22,23,25). The lowest BCUT2D eigenvalue weighted by Crippen LogP contribution is -2.28. The first-order valence-corrected chi connectivity index (χ1v) is 12.2. The molecule has 0 unspecified atom stereocenters. The Kier molecular flexibility index (Phi) is 5.82. The van der Waals surface area contributed by atoms with Crippen molar-refractivity contribution in [3.8, 4) is 11.3 Å². The monoisotopic (exact) mass is 491 g/mol. The van der Waals surface area contributed by atoms with Gasteiger partial charge in [0.05, 0.1) is 10.6 Å². The van der Waals surface area contributed by atoms with Crippen LogP contribution in [0.2, 0.25) is 0 Å². The summed E-state index contributed by atoms with van der Waals surface area (Å²) in [6.07, 6.45) is 1.73. The maximum Gasteiger partial charge on any atom is 0.257 e. The fourth-order valence-corrected chi connectivity index (χ4v) is 5.67. The van der Waals surface area contributed by atoms with Crippen molar-refractivity contribution < 1.29 is 13.2 Å². The Morgan fingerprint density at radius 2 is 1.83 bits per heavy atom. The number of anilines is 1. The zero-order valence-electron chi connectivity index (χ0n) is 15.3. The van der Waals surface area contributed by atoms with Crippen LogP contribution in [0.3, 0.4) is 0 Å². The Balaban J connectivity index is 1.51. The molecule has 2 aromatic carbocycles. The quantitative estimate of drug-likeness (QED) is 0.564. The molecule has 0 bridgehead atoms. The fraction of sp³-hybridized carbons (Fsp3) is 0.200. The van der Waals surface area contributed by atoms with E-state index < -0.39 is 10.0 Å². The van der Waals surface area contributed by atoms with Crippen LogP contribution < -0.4 is 5.32 Å². The summed E-state index contributed by atoms with van der Waals surface area (Å²) < 4.78 is 27.9. The largest absolute Gasteiger partial charge is 0.298 e. The molecule has 1 amide bonds. The van der Waals surface area contributed by atoms with E-state index in [1.807, 2.05) is 29.6 Å². The fourth-order valence-electron chi connectivity index (χ4n) is 3.13. The van der Waals surface area contributed by atoms with Gasteiger partial charge >= 0.3 is 0 Å². The number of benzene rings is 2. The number of sulfonamides is 1. The van der Waals surface area contributed by atoms with Crippen LogP contribution in [0.15, 0.2) is 63.3 Å². The predicted molar refractivity (Wildman–Crippen MR) is 118 cm³/mol. The lowest BCUT2D eigenvalue weighted by molar-refractivity contribution is 0.102. The summed E-state index contributed by atoms with van der Waals surface area (Å²) in [5.74, 6) is -0.389. The molecule has 0 saturated carbocycles. The van der Waals surface area contributed by atoms with Gasteiger partial charge in [-0.2, -0.15) is 4.31 Å². The third-order valence-corrected chi connectivity index (χ3v) is 7.84. The van der Waals surface area contributed by atoms with Crippen LogP contribution in [0.4, 0.5) is 5.13 Å². The molecule has 1 fully saturated rings. The average molecular weight is 492 g/mol. The Hall–Kier alpha value is -2.07. The third kappa shape index (κ3) is 4.42. The summed E-state index contributed by atoms with van der Waals surface area (Å²) in [5, 5.41) is 5.09. The van der Waals surface area contributed by atoms with Crippen LogP contribution in [-0.4, -0.2) is 36.7 Å². The normalized spacial score (nSPS) is 14.8. The maximum absolute atomic E-state index is 12.7. The lowest BCUT2D eigenvalue weighted by atomic mass is 10.2. The van der Waals surface area contributed by atoms with Crippen LogP contribution in [0, 0.1) is 0 Å². The van der Waals surface area contributed by atoms with Gasteiger partial charge in [0.2, 0.25) is 10.0 Å². The number of hydrogen-bond donors (Lipinski definition) is 1. The molecule has 1 aliphatic rings. The van der Waals surface area contributed by atoms with Crippen molar-refractivity contribution in [2.24, 2.45) is 0 Å². The number of carbonyl (C=O) groups excluding carboxylic acids is 1. The molecular weight excluding hydrogens is 474 g/mol. The number of thiazole rings is 1. The highest BCUT2D eigenvalue weighted by Crippen LogP contribution is 2.27. The molecule has 0 radical (unpaired) electrons. The van der Waals surface area contributed by atoms with Crippen molar-refractivity contribution in [3.05, 3.63) is 63.9 Å². The predicted octanol–water partition coefficient (Wildman–Crippen LogP) is 4.61. The molecule has 1 aromatic heterocycles. The maximum atomic E-state index is 12.7. The number of hydrogen-bond acceptors (Lipinski definition) is 5. The molecule has 1 saturated heterocycles. The topological polar surface area (TPSA) is 79.4 Å². The zero-order chi connectivity index (χ0) is 20.4. The Morgan fingerprint density at radius 3 is 2.55 bits per heavy atom. The summed E-state index contributed by atoms with van der Waals surface area (Å²) in [6.45, 7) is 1.05. The van der Waals surface area contributed by atoms with Crippen molar-refractivity contribution in [2.75, 3.05) is 18.4 Å². The van der Waals surface area contributed by atoms with Gasteiger partial charge in [-0.15, -0.1) is 11.3 Å². The molecule has 9 heteroatoms. The molecule has 3 aromatic rings. The minimum atomic E-state index is -3.57. The Labute approximate surface area is 181 Å². The van der Waals surface area contributed by atoms with Gasteiger partial charge in [0.1, 0.15) is 0 Å². The van der Waals surface area contributed by atoms with E-state index in [2.05, 4.69) is 26.2 Å². The summed E-state index contributed by atoms with van der Waals surface area (Å²) in [6, 6.07) is 13.9. The van der Waals surface area contributed by atoms with Gasteiger partial charge in [-0.25, -0.2) is 13.4 Å². The van der Waals surface area contributed by atoms with Crippen molar-refractivity contribution in [2.45, 2.75) is 17.7 Å². The molecule has 1 aliphatic heterocycles. The second-order valence-corrected chi connectivity index (χ2v) is 10.3. The minimum absolute atomic E-state index is 0.141. The van der Waals surface area contributed by atoms with E-state index in [-0.39, 0.29) is 16.4 Å². The number of aromatic nitrogens is 1. The first-order valence-electron chi connectivity index (χ1n) is 9.06. The highest BCUT2D eigenvalue weighted by Gasteiger charge is 2.27. The van der Waals surface area contributed by atoms with Gasteiger partial charge in [0.15, 0.2) is 5.13 Å². The van der Waals surface area contributed by atoms with Gasteiger partial charge in [0.25, 0.3) is 5.91 Å². The Morgan fingerprint density at radius 1 is 1.10 bits per heavy atom. The number of amides is 1.